The van der Waals surface area contributed by atoms with Gasteiger partial charge in [-0.1, -0.05) is 18.8 Å². The minimum atomic E-state index is -0.543. The molecule has 0 N–H and O–H groups in total. The second kappa shape index (κ2) is 5.58. The molecule has 0 bridgehead atoms. The summed E-state index contributed by atoms with van der Waals surface area (Å²) >= 11 is 5.00. The molecule has 0 aliphatic carbocycles. The first-order valence-corrected chi connectivity index (χ1v) is 5.51. The van der Waals surface area contributed by atoms with Crippen LogP contribution in [-0.4, -0.2) is 15.1 Å². The number of carbonyl (C=O) groups is 1. The molecule has 1 aromatic rings. The molecule has 0 aliphatic heterocycles. The van der Waals surface area contributed by atoms with E-state index in [0.717, 1.165) is 0 Å². The average Bonchev–Trinajstić information content (AvgIpc) is 2.28. The monoisotopic (exact) mass is 254 g/mol. The van der Waals surface area contributed by atoms with Crippen LogP contribution in [0, 0.1) is 4.64 Å². The van der Waals surface area contributed by atoms with Crippen molar-refractivity contribution in [3.8, 4) is 0 Å². The van der Waals surface area contributed by atoms with E-state index in [0.29, 0.717) is 11.2 Å². The van der Waals surface area contributed by atoms with E-state index in [2.05, 4.69) is 6.58 Å². The summed E-state index contributed by atoms with van der Waals surface area (Å²) in [5, 5.41) is 0. The lowest BCUT2D eigenvalue weighted by atomic mass is 10.4. The van der Waals surface area contributed by atoms with Crippen LogP contribution in [0.1, 0.15) is 13.8 Å². The molecule has 1 rings (SSSR count). The highest BCUT2D eigenvalue weighted by molar-refractivity contribution is 7.71. The number of aromatic nitrogens is 2. The molecule has 0 radical (unpaired) electrons. The Hall–Kier alpha value is -1.69. The minimum absolute atomic E-state index is 0.190. The van der Waals surface area contributed by atoms with Gasteiger partial charge in [-0.3, -0.25) is 0 Å². The van der Waals surface area contributed by atoms with Gasteiger partial charge in [0.15, 0.2) is 6.73 Å². The Kier molecular flexibility index (Phi) is 4.39. The maximum Gasteiger partial charge on any atom is 0.334 e. The zero-order valence-corrected chi connectivity index (χ0v) is 10.6. The number of hydrogen-bond acceptors (Lipinski definition) is 4. The molecule has 1 aromatic heterocycles. The van der Waals surface area contributed by atoms with Crippen molar-refractivity contribution < 1.29 is 9.53 Å². The van der Waals surface area contributed by atoms with Crippen LogP contribution in [-0.2, 0) is 22.8 Å². The molecule has 17 heavy (non-hydrogen) atoms. The molecule has 5 nitrogen and oxygen atoms in total. The van der Waals surface area contributed by atoms with E-state index < -0.39 is 5.97 Å². The van der Waals surface area contributed by atoms with Gasteiger partial charge in [0.1, 0.15) is 4.64 Å². The number of esters is 1. The number of aryl methyl sites for hydroxylation is 1. The van der Waals surface area contributed by atoms with E-state index in [1.807, 2.05) is 6.92 Å². The van der Waals surface area contributed by atoms with Gasteiger partial charge >= 0.3 is 11.7 Å². The molecule has 92 valence electrons. The summed E-state index contributed by atoms with van der Waals surface area (Å²) in [6.45, 7) is 7.17. The number of ether oxygens (including phenoxy) is 1. The topological polar surface area (TPSA) is 53.2 Å². The molecule has 0 aromatic carbocycles. The first-order chi connectivity index (χ1) is 7.97. The molecule has 6 heteroatoms. The average molecular weight is 254 g/mol. The molecule has 0 saturated heterocycles. The molecule has 0 atom stereocenters. The Morgan fingerprint density at radius 2 is 2.24 bits per heavy atom. The molecule has 0 spiro atoms. The normalized spacial score (nSPS) is 10.0. The van der Waals surface area contributed by atoms with E-state index in [1.54, 1.807) is 12.3 Å². The Morgan fingerprint density at radius 1 is 1.59 bits per heavy atom. The highest BCUT2D eigenvalue weighted by atomic mass is 32.1. The fraction of sp³-hybridized carbons (Fsp3) is 0.364. The van der Waals surface area contributed by atoms with Gasteiger partial charge in [0.05, 0.1) is 0 Å². The number of hydrogen-bond donors (Lipinski definition) is 0. The third-order valence-electron chi connectivity index (χ3n) is 2.15. The van der Waals surface area contributed by atoms with Crippen molar-refractivity contribution in [2.45, 2.75) is 27.1 Å². The lowest BCUT2D eigenvalue weighted by Gasteiger charge is -2.09. The van der Waals surface area contributed by atoms with E-state index in [4.69, 9.17) is 17.0 Å². The van der Waals surface area contributed by atoms with Crippen LogP contribution in [0.15, 0.2) is 29.2 Å². The fourth-order valence-electron chi connectivity index (χ4n) is 1.16. The smallest absolute Gasteiger partial charge is 0.334 e. The Morgan fingerprint density at radius 3 is 2.76 bits per heavy atom. The Labute approximate surface area is 104 Å². The van der Waals surface area contributed by atoms with Gasteiger partial charge < -0.3 is 9.30 Å². The first-order valence-electron chi connectivity index (χ1n) is 5.10. The molecular weight excluding hydrogens is 240 g/mol. The van der Waals surface area contributed by atoms with Crippen LogP contribution in [0.4, 0.5) is 0 Å². The maximum absolute atomic E-state index is 11.8. The van der Waals surface area contributed by atoms with Crippen LogP contribution < -0.4 is 5.69 Å². The molecule has 0 aliphatic rings. The quantitative estimate of drug-likeness (QED) is 0.464. The number of carbonyl (C=O) groups excluding carboxylic acids is 1. The maximum atomic E-state index is 11.8. The summed E-state index contributed by atoms with van der Waals surface area (Å²) in [4.78, 5) is 23.1. The molecule has 0 saturated carbocycles. The summed E-state index contributed by atoms with van der Waals surface area (Å²) in [7, 11) is 0. The number of rotatable bonds is 4. The van der Waals surface area contributed by atoms with Gasteiger partial charge in [-0.05, 0) is 19.9 Å². The third kappa shape index (κ3) is 3.13. The van der Waals surface area contributed by atoms with Crippen molar-refractivity contribution in [2.24, 2.45) is 0 Å². The van der Waals surface area contributed by atoms with Crippen molar-refractivity contribution in [3.05, 3.63) is 39.5 Å². The first kappa shape index (κ1) is 13.4. The predicted molar refractivity (Wildman–Crippen MR) is 66.1 cm³/mol. The van der Waals surface area contributed by atoms with Crippen molar-refractivity contribution in [3.63, 3.8) is 0 Å². The summed E-state index contributed by atoms with van der Waals surface area (Å²) < 4.78 is 7.92. The zero-order valence-electron chi connectivity index (χ0n) is 9.80. The van der Waals surface area contributed by atoms with Crippen molar-refractivity contribution >= 4 is 18.2 Å². The lowest BCUT2D eigenvalue weighted by molar-refractivity contribution is -0.142. The third-order valence-corrected chi connectivity index (χ3v) is 2.51. The van der Waals surface area contributed by atoms with E-state index in [9.17, 15) is 9.59 Å². The van der Waals surface area contributed by atoms with Crippen LogP contribution in [0.2, 0.25) is 0 Å². The second-order valence-electron chi connectivity index (χ2n) is 3.49. The largest absolute Gasteiger partial charge is 0.440 e. The zero-order chi connectivity index (χ0) is 13.0. The summed E-state index contributed by atoms with van der Waals surface area (Å²) in [5.74, 6) is -0.543. The molecule has 0 fully saturated rings. The van der Waals surface area contributed by atoms with Crippen molar-refractivity contribution in [1.29, 1.82) is 0 Å². The van der Waals surface area contributed by atoms with Crippen molar-refractivity contribution in [2.75, 3.05) is 0 Å². The lowest BCUT2D eigenvalue weighted by Crippen LogP contribution is -2.31. The standard InChI is InChI=1S/C11H14N2O3S/c1-4-12-6-5-9(17)13(11(12)15)7-16-10(14)8(2)3/h5-6H,2,4,7H2,1,3H3. The van der Waals surface area contributed by atoms with Gasteiger partial charge in [-0.25, -0.2) is 14.2 Å². The SMILES string of the molecule is C=C(C)C(=O)OCn1c(=S)ccn(CC)c1=O. The number of nitrogens with zero attached hydrogens (tertiary/aromatic N) is 2. The van der Waals surface area contributed by atoms with Crippen molar-refractivity contribution in [1.82, 2.24) is 9.13 Å². The van der Waals surface area contributed by atoms with E-state index >= 15 is 0 Å². The second-order valence-corrected chi connectivity index (χ2v) is 3.91. The Bertz CT molecular complexity index is 557. The molecule has 1 heterocycles. The summed E-state index contributed by atoms with van der Waals surface area (Å²) in [6, 6.07) is 1.62. The van der Waals surface area contributed by atoms with E-state index in [-0.39, 0.29) is 18.0 Å². The minimum Gasteiger partial charge on any atom is -0.440 e. The summed E-state index contributed by atoms with van der Waals surface area (Å²) in [5.41, 5.74) is -0.0159. The van der Waals surface area contributed by atoms with Gasteiger partial charge in [0, 0.05) is 18.3 Å². The van der Waals surface area contributed by atoms with Crippen LogP contribution in [0.25, 0.3) is 0 Å². The van der Waals surface area contributed by atoms with Crippen LogP contribution in [0.5, 0.6) is 0 Å². The van der Waals surface area contributed by atoms with Gasteiger partial charge in [-0.2, -0.15) is 0 Å². The van der Waals surface area contributed by atoms with Crippen LogP contribution in [0.3, 0.4) is 0 Å². The molecule has 0 amide bonds. The summed E-state index contributed by atoms with van der Waals surface area (Å²) in [6.07, 6.45) is 1.61. The van der Waals surface area contributed by atoms with E-state index in [1.165, 1.54) is 16.1 Å². The van der Waals surface area contributed by atoms with Gasteiger partial charge in [0.25, 0.3) is 0 Å². The van der Waals surface area contributed by atoms with Crippen LogP contribution >= 0.6 is 12.2 Å². The Balaban J connectivity index is 2.99. The molecule has 0 unspecified atom stereocenters. The van der Waals surface area contributed by atoms with Gasteiger partial charge in [-0.15, -0.1) is 0 Å². The predicted octanol–water partition coefficient (Wildman–Crippen LogP) is 1.48. The highest BCUT2D eigenvalue weighted by Crippen LogP contribution is 1.95. The highest BCUT2D eigenvalue weighted by Gasteiger charge is 2.06. The van der Waals surface area contributed by atoms with Gasteiger partial charge in [0.2, 0.25) is 0 Å². The molecular formula is C11H14N2O3S. The fourth-order valence-corrected chi connectivity index (χ4v) is 1.35.